The predicted molar refractivity (Wildman–Crippen MR) is 80.6 cm³/mol. The van der Waals surface area contributed by atoms with Crippen LogP contribution in [0, 0.1) is 10.5 Å². The van der Waals surface area contributed by atoms with Crippen molar-refractivity contribution in [3.8, 4) is 0 Å². The van der Waals surface area contributed by atoms with E-state index in [0.717, 1.165) is 14.8 Å². The first-order valence-electron chi connectivity index (χ1n) is 5.43. The Kier molecular flexibility index (Phi) is 3.86. The van der Waals surface area contributed by atoms with Crippen LogP contribution in [0.3, 0.4) is 0 Å². The monoisotopic (exact) mass is 353 g/mol. The van der Waals surface area contributed by atoms with Gasteiger partial charge in [0.15, 0.2) is 0 Å². The molecule has 0 atom stereocenters. The Labute approximate surface area is 119 Å². The van der Waals surface area contributed by atoms with Gasteiger partial charge in [-0.15, -0.1) is 0 Å². The van der Waals surface area contributed by atoms with Crippen LogP contribution in [0.4, 0.5) is 11.4 Å². The van der Waals surface area contributed by atoms with E-state index >= 15 is 0 Å². The maximum atomic E-state index is 11.2. The minimum absolute atomic E-state index is 0.286. The van der Waals surface area contributed by atoms with Crippen LogP contribution in [0.15, 0.2) is 42.5 Å². The van der Waals surface area contributed by atoms with Crippen molar-refractivity contribution in [2.45, 2.75) is 6.92 Å². The van der Waals surface area contributed by atoms with Gasteiger partial charge in [0.1, 0.15) is 0 Å². The van der Waals surface area contributed by atoms with Crippen LogP contribution in [0.1, 0.15) is 15.9 Å². The molecule has 0 amide bonds. The van der Waals surface area contributed by atoms with E-state index in [0.29, 0.717) is 5.69 Å². The van der Waals surface area contributed by atoms with Gasteiger partial charge < -0.3 is 10.4 Å². The third-order valence-corrected chi connectivity index (χ3v) is 3.18. The van der Waals surface area contributed by atoms with Crippen molar-refractivity contribution in [2.75, 3.05) is 5.32 Å². The molecule has 0 saturated carbocycles. The number of anilines is 2. The third kappa shape index (κ3) is 3.01. The minimum Gasteiger partial charge on any atom is -0.478 e. The molecule has 3 nitrogen and oxygen atoms in total. The van der Waals surface area contributed by atoms with Crippen LogP contribution in [0.2, 0.25) is 0 Å². The summed E-state index contributed by atoms with van der Waals surface area (Å²) in [4.78, 5) is 11.2. The summed E-state index contributed by atoms with van der Waals surface area (Å²) in [5, 5.41) is 12.3. The fourth-order valence-corrected chi connectivity index (χ4v) is 2.21. The molecule has 0 aliphatic rings. The zero-order valence-corrected chi connectivity index (χ0v) is 11.9. The largest absolute Gasteiger partial charge is 0.478 e. The Bertz CT molecular complexity index is 596. The molecular formula is C14H12INO2. The molecule has 2 rings (SSSR count). The number of halogens is 1. The van der Waals surface area contributed by atoms with Crippen LogP contribution < -0.4 is 5.32 Å². The maximum absolute atomic E-state index is 11.2. The van der Waals surface area contributed by atoms with Gasteiger partial charge in [-0.25, -0.2) is 4.79 Å². The van der Waals surface area contributed by atoms with E-state index in [1.165, 1.54) is 0 Å². The highest BCUT2D eigenvalue weighted by Crippen LogP contribution is 2.23. The summed E-state index contributed by atoms with van der Waals surface area (Å²) in [7, 11) is 0. The summed E-state index contributed by atoms with van der Waals surface area (Å²) in [6.45, 7) is 1.88. The molecule has 0 aliphatic carbocycles. The Morgan fingerprint density at radius 2 is 2.00 bits per heavy atom. The second-order valence-corrected chi connectivity index (χ2v) is 5.24. The van der Waals surface area contributed by atoms with Gasteiger partial charge in [0.25, 0.3) is 0 Å². The molecule has 0 saturated heterocycles. The van der Waals surface area contributed by atoms with E-state index in [-0.39, 0.29) is 5.56 Å². The summed E-state index contributed by atoms with van der Waals surface area (Å²) in [6, 6.07) is 13.1. The minimum atomic E-state index is -0.924. The van der Waals surface area contributed by atoms with Gasteiger partial charge in [0, 0.05) is 9.26 Å². The molecule has 2 aromatic rings. The van der Waals surface area contributed by atoms with Gasteiger partial charge in [-0.3, -0.25) is 0 Å². The normalized spacial score (nSPS) is 10.1. The molecule has 0 aromatic heterocycles. The number of rotatable bonds is 3. The summed E-state index contributed by atoms with van der Waals surface area (Å²) in [5.41, 5.74) is 2.71. The fraction of sp³-hybridized carbons (Fsp3) is 0.0714. The van der Waals surface area contributed by atoms with E-state index in [2.05, 4.69) is 27.9 Å². The number of benzene rings is 2. The summed E-state index contributed by atoms with van der Waals surface area (Å²) in [5.74, 6) is -0.924. The number of nitrogens with one attached hydrogen (secondary N) is 1. The smallest absolute Gasteiger partial charge is 0.337 e. The highest BCUT2D eigenvalue weighted by molar-refractivity contribution is 14.1. The number of carboxylic acids is 1. The molecule has 0 bridgehead atoms. The molecular weight excluding hydrogens is 341 g/mol. The lowest BCUT2D eigenvalue weighted by molar-refractivity contribution is 0.0698. The van der Waals surface area contributed by atoms with Crippen LogP contribution >= 0.6 is 22.6 Å². The van der Waals surface area contributed by atoms with Crippen LogP contribution in [-0.4, -0.2) is 11.1 Å². The predicted octanol–water partition coefficient (Wildman–Crippen LogP) is 4.04. The fourth-order valence-electron chi connectivity index (χ4n) is 1.67. The molecule has 2 N–H and O–H groups in total. The van der Waals surface area contributed by atoms with Crippen LogP contribution in [0.5, 0.6) is 0 Å². The van der Waals surface area contributed by atoms with Gasteiger partial charge in [-0.05, 0) is 59.8 Å². The first kappa shape index (κ1) is 12.9. The number of carbonyl (C=O) groups is 1. The quantitative estimate of drug-likeness (QED) is 0.819. The number of carboxylic acid groups (broad SMARTS) is 1. The molecule has 0 spiro atoms. The van der Waals surface area contributed by atoms with Crippen molar-refractivity contribution in [2.24, 2.45) is 0 Å². The van der Waals surface area contributed by atoms with Crippen molar-refractivity contribution in [3.05, 3.63) is 57.2 Å². The Morgan fingerprint density at radius 3 is 2.67 bits per heavy atom. The topological polar surface area (TPSA) is 49.3 Å². The van der Waals surface area contributed by atoms with Crippen molar-refractivity contribution < 1.29 is 9.90 Å². The van der Waals surface area contributed by atoms with Crippen molar-refractivity contribution in [1.82, 2.24) is 0 Å². The highest BCUT2D eigenvalue weighted by Gasteiger charge is 2.10. The Balaban J connectivity index is 2.37. The van der Waals surface area contributed by atoms with Gasteiger partial charge >= 0.3 is 5.97 Å². The van der Waals surface area contributed by atoms with Gasteiger partial charge in [-0.1, -0.05) is 17.7 Å². The molecule has 0 radical (unpaired) electrons. The second-order valence-electron chi connectivity index (χ2n) is 3.99. The number of hydrogen-bond acceptors (Lipinski definition) is 2. The zero-order valence-electron chi connectivity index (χ0n) is 9.77. The lowest BCUT2D eigenvalue weighted by atomic mass is 10.1. The van der Waals surface area contributed by atoms with Crippen LogP contribution in [0.25, 0.3) is 0 Å². The highest BCUT2D eigenvalue weighted by atomic mass is 127. The van der Waals surface area contributed by atoms with Gasteiger partial charge in [0.05, 0.1) is 11.3 Å². The number of hydrogen-bond donors (Lipinski definition) is 2. The summed E-state index contributed by atoms with van der Waals surface area (Å²) < 4.78 is 1.10. The van der Waals surface area contributed by atoms with Crippen molar-refractivity contribution in [3.63, 3.8) is 0 Å². The van der Waals surface area contributed by atoms with Crippen molar-refractivity contribution >= 4 is 39.9 Å². The number of aryl methyl sites for hydroxylation is 1. The Hall–Kier alpha value is -1.56. The average molecular weight is 353 g/mol. The molecule has 4 heteroatoms. The molecule has 18 heavy (non-hydrogen) atoms. The molecule has 0 aliphatic heterocycles. The lowest BCUT2D eigenvalue weighted by Crippen LogP contribution is -2.03. The molecule has 92 valence electrons. The zero-order chi connectivity index (χ0) is 13.1. The van der Waals surface area contributed by atoms with Crippen LogP contribution in [-0.2, 0) is 0 Å². The van der Waals surface area contributed by atoms with E-state index in [9.17, 15) is 9.90 Å². The SMILES string of the molecule is Cc1ccc(Nc2cccc(I)c2)c(C(=O)O)c1. The Morgan fingerprint density at radius 1 is 1.22 bits per heavy atom. The molecule has 0 heterocycles. The average Bonchev–Trinajstić information content (AvgIpc) is 2.31. The molecule has 2 aromatic carbocycles. The second kappa shape index (κ2) is 5.39. The van der Waals surface area contributed by atoms with E-state index in [1.807, 2.05) is 37.3 Å². The van der Waals surface area contributed by atoms with Gasteiger partial charge in [0.2, 0.25) is 0 Å². The maximum Gasteiger partial charge on any atom is 0.337 e. The lowest BCUT2D eigenvalue weighted by Gasteiger charge is -2.10. The summed E-state index contributed by atoms with van der Waals surface area (Å²) in [6.07, 6.45) is 0. The first-order chi connectivity index (χ1) is 8.56. The molecule has 0 fully saturated rings. The van der Waals surface area contributed by atoms with E-state index < -0.39 is 5.97 Å². The van der Waals surface area contributed by atoms with Crippen molar-refractivity contribution in [1.29, 1.82) is 0 Å². The van der Waals surface area contributed by atoms with E-state index in [4.69, 9.17) is 0 Å². The van der Waals surface area contributed by atoms with E-state index in [1.54, 1.807) is 12.1 Å². The third-order valence-electron chi connectivity index (χ3n) is 2.51. The molecule has 0 unspecified atom stereocenters. The standard InChI is InChI=1S/C14H12INO2/c1-9-5-6-13(12(7-9)14(17)18)16-11-4-2-3-10(15)8-11/h2-8,16H,1H3,(H,17,18). The first-order valence-corrected chi connectivity index (χ1v) is 6.50. The van der Waals surface area contributed by atoms with Gasteiger partial charge in [-0.2, -0.15) is 0 Å². The summed E-state index contributed by atoms with van der Waals surface area (Å²) >= 11 is 2.22. The number of aromatic carboxylic acids is 1.